The highest BCUT2D eigenvalue weighted by Crippen LogP contribution is 2.30. The number of hydrogen-bond acceptors (Lipinski definition) is 5. The third-order valence-electron chi connectivity index (χ3n) is 7.12. The van der Waals surface area contributed by atoms with Gasteiger partial charge in [-0.2, -0.15) is 0 Å². The van der Waals surface area contributed by atoms with Gasteiger partial charge in [0, 0.05) is 58.0 Å². The van der Waals surface area contributed by atoms with E-state index < -0.39 is 0 Å². The van der Waals surface area contributed by atoms with Gasteiger partial charge in [-0.3, -0.25) is 14.7 Å². The van der Waals surface area contributed by atoms with Gasteiger partial charge in [-0.1, -0.05) is 48.5 Å². The molecule has 0 spiro atoms. The molecule has 2 heterocycles. The number of aryl methyl sites for hydroxylation is 1. The van der Waals surface area contributed by atoms with E-state index in [0.29, 0.717) is 31.6 Å². The normalized spacial score (nSPS) is 13.8. The van der Waals surface area contributed by atoms with Crippen LogP contribution in [0.4, 0.5) is 4.39 Å². The summed E-state index contributed by atoms with van der Waals surface area (Å²) in [5, 5.41) is 3.39. The molecule has 1 aromatic heterocycles. The maximum Gasteiger partial charge on any atom is 0.137 e. The summed E-state index contributed by atoms with van der Waals surface area (Å²) in [6, 6.07) is 24.7. The molecule has 0 radical (unpaired) electrons. The number of halogens is 1. The van der Waals surface area contributed by atoms with E-state index in [1.807, 2.05) is 54.6 Å². The van der Waals surface area contributed by atoms with Gasteiger partial charge in [0.15, 0.2) is 0 Å². The molecule has 200 valence electrons. The molecule has 1 aliphatic heterocycles. The first-order valence-electron chi connectivity index (χ1n) is 13.6. The highest BCUT2D eigenvalue weighted by Gasteiger charge is 2.16. The summed E-state index contributed by atoms with van der Waals surface area (Å²) in [5.41, 5.74) is 6.04. The van der Waals surface area contributed by atoms with Gasteiger partial charge >= 0.3 is 0 Å². The molecule has 3 aromatic carbocycles. The number of rotatable bonds is 11. The van der Waals surface area contributed by atoms with Crippen LogP contribution in [0.1, 0.15) is 28.7 Å². The van der Waals surface area contributed by atoms with Crippen LogP contribution in [-0.2, 0) is 30.8 Å². The highest BCUT2D eigenvalue weighted by atomic mass is 19.1. The van der Waals surface area contributed by atoms with E-state index in [2.05, 4.69) is 27.3 Å². The van der Waals surface area contributed by atoms with Crippen LogP contribution >= 0.6 is 0 Å². The largest absolute Gasteiger partial charge is 0.489 e. The second-order valence-corrected chi connectivity index (χ2v) is 9.99. The lowest BCUT2D eigenvalue weighted by Gasteiger charge is -2.28. The maximum atomic E-state index is 14.4. The van der Waals surface area contributed by atoms with Crippen molar-refractivity contribution in [1.82, 2.24) is 15.2 Å². The van der Waals surface area contributed by atoms with Crippen LogP contribution in [0.5, 0.6) is 5.75 Å². The van der Waals surface area contributed by atoms with Crippen molar-refractivity contribution in [2.45, 2.75) is 32.4 Å². The van der Waals surface area contributed by atoms with Crippen LogP contribution in [0.3, 0.4) is 0 Å². The van der Waals surface area contributed by atoms with Gasteiger partial charge in [0.1, 0.15) is 24.0 Å². The van der Waals surface area contributed by atoms with Crippen LogP contribution in [0.2, 0.25) is 0 Å². The Morgan fingerprint density at radius 3 is 2.51 bits per heavy atom. The van der Waals surface area contributed by atoms with Crippen molar-refractivity contribution in [2.24, 2.45) is 0 Å². The lowest BCUT2D eigenvalue weighted by molar-refractivity contribution is -0.118. The molecular weight excluding hydrogens is 489 g/mol. The van der Waals surface area contributed by atoms with Crippen molar-refractivity contribution in [1.29, 1.82) is 0 Å². The van der Waals surface area contributed by atoms with E-state index in [-0.39, 0.29) is 11.6 Å². The quantitative estimate of drug-likeness (QED) is 0.277. The molecule has 1 aliphatic rings. The number of Topliss-reactive ketones (excluding diaryl/α,β-unsaturated/α-hetero) is 1. The van der Waals surface area contributed by atoms with E-state index in [1.54, 1.807) is 18.5 Å². The summed E-state index contributed by atoms with van der Waals surface area (Å²) in [6.07, 6.45) is 5.13. The molecular formula is C33H34FN3O2. The number of carbonyl (C=O) groups is 1. The van der Waals surface area contributed by atoms with Crippen LogP contribution in [0.15, 0.2) is 91.3 Å². The zero-order chi connectivity index (χ0) is 26.9. The monoisotopic (exact) mass is 523 g/mol. The van der Waals surface area contributed by atoms with Gasteiger partial charge < -0.3 is 10.1 Å². The first-order chi connectivity index (χ1) is 19.1. The average Bonchev–Trinajstić information content (AvgIpc) is 2.98. The Hall–Kier alpha value is -3.87. The minimum atomic E-state index is -0.261. The van der Waals surface area contributed by atoms with E-state index >= 15 is 0 Å². The van der Waals surface area contributed by atoms with E-state index in [4.69, 9.17) is 4.74 Å². The molecule has 0 bridgehead atoms. The summed E-state index contributed by atoms with van der Waals surface area (Å²) in [4.78, 5) is 19.0. The van der Waals surface area contributed by atoms with Crippen LogP contribution in [-0.4, -0.2) is 41.8 Å². The number of aromatic nitrogens is 1. The van der Waals surface area contributed by atoms with Crippen molar-refractivity contribution in [3.05, 3.63) is 119 Å². The molecule has 1 fully saturated rings. The Kier molecular flexibility index (Phi) is 9.09. The Morgan fingerprint density at radius 1 is 0.897 bits per heavy atom. The number of hydrogen-bond donors (Lipinski definition) is 1. The van der Waals surface area contributed by atoms with Crippen LogP contribution in [0, 0.1) is 5.82 Å². The summed E-state index contributed by atoms with van der Waals surface area (Å²) in [6.45, 7) is 5.12. The molecule has 5 rings (SSSR count). The minimum Gasteiger partial charge on any atom is -0.489 e. The first-order valence-corrected chi connectivity index (χ1v) is 13.6. The topological polar surface area (TPSA) is 54.5 Å². The number of pyridine rings is 1. The maximum absolute atomic E-state index is 14.4. The number of ether oxygens (including phenoxy) is 1. The fourth-order valence-electron chi connectivity index (χ4n) is 4.97. The third-order valence-corrected chi connectivity index (χ3v) is 7.12. The number of nitrogens with one attached hydrogen (secondary N) is 1. The van der Waals surface area contributed by atoms with E-state index in [1.165, 1.54) is 11.6 Å². The van der Waals surface area contributed by atoms with Gasteiger partial charge in [-0.25, -0.2) is 4.39 Å². The lowest BCUT2D eigenvalue weighted by Crippen LogP contribution is -2.42. The molecule has 39 heavy (non-hydrogen) atoms. The molecule has 0 aliphatic carbocycles. The molecule has 6 heteroatoms. The van der Waals surface area contributed by atoms with Crippen molar-refractivity contribution in [3.8, 4) is 16.9 Å². The number of ketones is 1. The fraction of sp³-hybridized carbons (Fsp3) is 0.273. The van der Waals surface area contributed by atoms with Crippen LogP contribution < -0.4 is 10.1 Å². The van der Waals surface area contributed by atoms with E-state index in [9.17, 15) is 9.18 Å². The Balaban J connectivity index is 1.22. The molecule has 1 saturated heterocycles. The molecule has 0 saturated carbocycles. The minimum absolute atomic E-state index is 0.197. The van der Waals surface area contributed by atoms with Crippen molar-refractivity contribution in [3.63, 3.8) is 0 Å². The lowest BCUT2D eigenvalue weighted by atomic mass is 9.95. The first kappa shape index (κ1) is 26.7. The summed E-state index contributed by atoms with van der Waals surface area (Å²) < 4.78 is 20.5. The molecule has 4 aromatic rings. The Bertz CT molecular complexity index is 1370. The second kappa shape index (κ2) is 13.3. The highest BCUT2D eigenvalue weighted by molar-refractivity contribution is 5.81. The van der Waals surface area contributed by atoms with Gasteiger partial charge in [0.25, 0.3) is 0 Å². The number of nitrogens with zero attached hydrogens (tertiary/aromatic N) is 2. The third kappa shape index (κ3) is 7.59. The zero-order valence-electron chi connectivity index (χ0n) is 22.1. The van der Waals surface area contributed by atoms with Gasteiger partial charge in [-0.05, 0) is 70.1 Å². The second-order valence-electron chi connectivity index (χ2n) is 9.99. The van der Waals surface area contributed by atoms with E-state index in [0.717, 1.165) is 60.5 Å². The van der Waals surface area contributed by atoms with Gasteiger partial charge in [-0.15, -0.1) is 0 Å². The molecule has 5 nitrogen and oxygen atoms in total. The standard InChI is InChI=1S/C33H34FN3O2/c34-29-11-10-28(33(21-29)32-6-2-1-5-27(32)23-37-18-16-35-17-19-37)24-39-31-13-8-25(9-14-31)20-30(38)12-7-26-4-3-15-36-22-26/h1-6,8-11,13-15,21-22,35H,7,12,16-20,23-24H2. The molecule has 0 atom stereocenters. The predicted molar refractivity (Wildman–Crippen MR) is 152 cm³/mol. The number of carbonyl (C=O) groups excluding carboxylic acids is 1. The molecule has 1 N–H and O–H groups in total. The van der Waals surface area contributed by atoms with Crippen molar-refractivity contribution in [2.75, 3.05) is 26.2 Å². The summed E-state index contributed by atoms with van der Waals surface area (Å²) in [5.74, 6) is 0.650. The van der Waals surface area contributed by atoms with Crippen molar-refractivity contribution >= 4 is 5.78 Å². The smallest absolute Gasteiger partial charge is 0.137 e. The van der Waals surface area contributed by atoms with Crippen LogP contribution in [0.25, 0.3) is 11.1 Å². The predicted octanol–water partition coefficient (Wildman–Crippen LogP) is 5.62. The number of piperazine rings is 1. The zero-order valence-corrected chi connectivity index (χ0v) is 22.1. The van der Waals surface area contributed by atoms with Crippen molar-refractivity contribution < 1.29 is 13.9 Å². The molecule has 0 unspecified atom stereocenters. The number of benzene rings is 3. The Morgan fingerprint density at radius 2 is 1.72 bits per heavy atom. The fourth-order valence-corrected chi connectivity index (χ4v) is 4.97. The summed E-state index contributed by atoms with van der Waals surface area (Å²) >= 11 is 0. The van der Waals surface area contributed by atoms with Gasteiger partial charge in [0.2, 0.25) is 0 Å². The Labute approximate surface area is 229 Å². The van der Waals surface area contributed by atoms with Gasteiger partial charge in [0.05, 0.1) is 0 Å². The SMILES string of the molecule is O=C(CCc1cccnc1)Cc1ccc(OCc2ccc(F)cc2-c2ccccc2CN2CCNCC2)cc1. The summed E-state index contributed by atoms with van der Waals surface area (Å²) in [7, 11) is 0. The average molecular weight is 524 g/mol. The molecule has 0 amide bonds.